The monoisotopic (exact) mass is 447 g/mol. The van der Waals surface area contributed by atoms with E-state index >= 15 is 0 Å². The van der Waals surface area contributed by atoms with Crippen LogP contribution in [-0.4, -0.2) is 21.9 Å². The lowest BCUT2D eigenvalue weighted by Gasteiger charge is -2.10. The highest BCUT2D eigenvalue weighted by atomic mass is 32.2. The highest BCUT2D eigenvalue weighted by molar-refractivity contribution is 8.01. The number of carbonyl (C=O) groups excluding carboxylic acids is 1. The van der Waals surface area contributed by atoms with Crippen LogP contribution in [0.3, 0.4) is 0 Å². The quantitative estimate of drug-likeness (QED) is 0.185. The number of aryl methyl sites for hydroxylation is 1. The first-order valence-electron chi connectivity index (χ1n) is 9.91. The number of aromatic nitrogens is 2. The van der Waals surface area contributed by atoms with E-state index in [-0.39, 0.29) is 5.91 Å². The van der Waals surface area contributed by atoms with Gasteiger partial charge in [-0.05, 0) is 42.7 Å². The van der Waals surface area contributed by atoms with Crippen molar-refractivity contribution in [2.45, 2.75) is 17.2 Å². The molecule has 0 fully saturated rings. The van der Waals surface area contributed by atoms with Crippen molar-refractivity contribution in [3.8, 4) is 11.5 Å². The van der Waals surface area contributed by atoms with Crippen LogP contribution in [-0.2, 0) is 6.42 Å². The predicted octanol–water partition coefficient (Wildman–Crippen LogP) is 6.31. The van der Waals surface area contributed by atoms with Crippen molar-refractivity contribution in [3.05, 3.63) is 96.1 Å². The first kappa shape index (κ1) is 21.1. The summed E-state index contributed by atoms with van der Waals surface area (Å²) in [5, 5.41) is 11.6. The average Bonchev–Trinajstić information content (AvgIpc) is 3.25. The normalized spacial score (nSPS) is 10.6. The van der Waals surface area contributed by atoms with Gasteiger partial charge in [0.25, 0.3) is 5.91 Å². The number of nitrogens with zero attached hydrogens (tertiary/aromatic N) is 2. The topological polar surface area (TPSA) is 64.1 Å². The predicted molar refractivity (Wildman–Crippen MR) is 126 cm³/mol. The summed E-state index contributed by atoms with van der Waals surface area (Å²) in [6, 6.07) is 27.0. The maximum atomic E-state index is 12.8. The summed E-state index contributed by atoms with van der Waals surface area (Å²) in [7, 11) is 0. The molecule has 0 aliphatic rings. The number of carbonyl (C=O) groups is 1. The van der Waals surface area contributed by atoms with Crippen molar-refractivity contribution >= 4 is 34.1 Å². The van der Waals surface area contributed by atoms with Crippen molar-refractivity contribution in [1.29, 1.82) is 0 Å². The Bertz CT molecular complexity index is 1120. The zero-order chi connectivity index (χ0) is 21.3. The number of nitrogens with one attached hydrogen (secondary N) is 1. The number of amides is 1. The zero-order valence-electron chi connectivity index (χ0n) is 16.7. The van der Waals surface area contributed by atoms with Gasteiger partial charge in [0.2, 0.25) is 5.13 Å². The van der Waals surface area contributed by atoms with Gasteiger partial charge in [-0.2, -0.15) is 0 Å². The van der Waals surface area contributed by atoms with Crippen molar-refractivity contribution in [3.63, 3.8) is 0 Å². The van der Waals surface area contributed by atoms with Crippen LogP contribution in [0.1, 0.15) is 22.3 Å². The number of rotatable bonds is 9. The van der Waals surface area contributed by atoms with Crippen LogP contribution in [0.4, 0.5) is 5.13 Å². The number of anilines is 1. The van der Waals surface area contributed by atoms with Gasteiger partial charge in [0.05, 0.1) is 5.56 Å². The lowest BCUT2D eigenvalue weighted by Crippen LogP contribution is -2.12. The molecule has 0 spiro atoms. The Labute approximate surface area is 189 Å². The fourth-order valence-electron chi connectivity index (χ4n) is 2.92. The molecule has 0 atom stereocenters. The molecule has 1 N–H and O–H groups in total. The molecule has 5 nitrogen and oxygen atoms in total. The maximum Gasteiger partial charge on any atom is 0.261 e. The standard InChI is InChI=1S/C24H21N3O2S2/c28-22(20-15-7-8-16-21(20)29-19-13-5-2-6-14-19)25-23-26-27-24(31-23)30-17-9-12-18-10-3-1-4-11-18/h1-8,10-11,13-16H,9,12,17H2,(H,25,26,28). The summed E-state index contributed by atoms with van der Waals surface area (Å²) in [6.07, 6.45) is 2.09. The Kier molecular flexibility index (Phi) is 7.31. The molecule has 1 heterocycles. The average molecular weight is 448 g/mol. The third-order valence-corrected chi connectivity index (χ3v) is 6.47. The molecule has 4 aromatic rings. The van der Waals surface area contributed by atoms with Gasteiger partial charge < -0.3 is 4.74 Å². The Morgan fingerprint density at radius 2 is 1.61 bits per heavy atom. The highest BCUT2D eigenvalue weighted by Crippen LogP contribution is 2.29. The molecule has 4 rings (SSSR count). The summed E-state index contributed by atoms with van der Waals surface area (Å²) in [4.78, 5) is 12.8. The molecule has 0 saturated heterocycles. The number of benzene rings is 3. The Morgan fingerprint density at radius 3 is 2.42 bits per heavy atom. The molecule has 0 radical (unpaired) electrons. The van der Waals surface area contributed by atoms with Gasteiger partial charge >= 0.3 is 0 Å². The first-order valence-corrected chi connectivity index (χ1v) is 11.7. The molecule has 1 aromatic heterocycles. The summed E-state index contributed by atoms with van der Waals surface area (Å²) in [6.45, 7) is 0. The molecule has 7 heteroatoms. The maximum absolute atomic E-state index is 12.8. The Balaban J connectivity index is 1.32. The van der Waals surface area contributed by atoms with E-state index in [1.54, 1.807) is 30.0 Å². The third kappa shape index (κ3) is 6.16. The van der Waals surface area contributed by atoms with Gasteiger partial charge in [-0.1, -0.05) is 83.8 Å². The minimum absolute atomic E-state index is 0.275. The van der Waals surface area contributed by atoms with E-state index in [2.05, 4.69) is 39.8 Å². The fraction of sp³-hybridized carbons (Fsp3) is 0.125. The zero-order valence-corrected chi connectivity index (χ0v) is 18.4. The lowest BCUT2D eigenvalue weighted by atomic mass is 10.1. The summed E-state index contributed by atoms with van der Waals surface area (Å²) in [5.41, 5.74) is 1.78. The van der Waals surface area contributed by atoms with E-state index < -0.39 is 0 Å². The van der Waals surface area contributed by atoms with Crippen LogP contribution >= 0.6 is 23.1 Å². The number of hydrogen-bond acceptors (Lipinski definition) is 6. The molecular weight excluding hydrogens is 426 g/mol. The van der Waals surface area contributed by atoms with E-state index in [9.17, 15) is 4.79 Å². The molecule has 1 amide bonds. The molecule has 31 heavy (non-hydrogen) atoms. The molecule has 0 aliphatic carbocycles. The van der Waals surface area contributed by atoms with Gasteiger partial charge in [0.15, 0.2) is 4.34 Å². The van der Waals surface area contributed by atoms with Crippen molar-refractivity contribution < 1.29 is 9.53 Å². The second-order valence-corrected chi connectivity index (χ2v) is 9.00. The van der Waals surface area contributed by atoms with Gasteiger partial charge in [-0.15, -0.1) is 10.2 Å². The van der Waals surface area contributed by atoms with Crippen LogP contribution in [0, 0.1) is 0 Å². The van der Waals surface area contributed by atoms with Gasteiger partial charge in [0.1, 0.15) is 11.5 Å². The number of ether oxygens (including phenoxy) is 1. The van der Waals surface area contributed by atoms with Crippen molar-refractivity contribution in [2.24, 2.45) is 0 Å². The Hall–Kier alpha value is -3.16. The first-order chi connectivity index (χ1) is 15.3. The molecule has 3 aromatic carbocycles. The second-order valence-electron chi connectivity index (χ2n) is 6.68. The second kappa shape index (κ2) is 10.7. The van der Waals surface area contributed by atoms with Crippen molar-refractivity contribution in [2.75, 3.05) is 11.1 Å². The Morgan fingerprint density at radius 1 is 0.903 bits per heavy atom. The number of hydrogen-bond donors (Lipinski definition) is 1. The van der Waals surface area contributed by atoms with Crippen LogP contribution < -0.4 is 10.1 Å². The third-order valence-electron chi connectivity index (χ3n) is 4.41. The highest BCUT2D eigenvalue weighted by Gasteiger charge is 2.15. The van der Waals surface area contributed by atoms with E-state index in [1.807, 2.05) is 42.5 Å². The minimum Gasteiger partial charge on any atom is -0.457 e. The summed E-state index contributed by atoms with van der Waals surface area (Å²) in [5.74, 6) is 1.84. The summed E-state index contributed by atoms with van der Waals surface area (Å²) < 4.78 is 6.72. The molecule has 0 aliphatic heterocycles. The smallest absolute Gasteiger partial charge is 0.261 e. The fourth-order valence-corrected chi connectivity index (χ4v) is 4.68. The van der Waals surface area contributed by atoms with Crippen molar-refractivity contribution in [1.82, 2.24) is 10.2 Å². The molecule has 0 unspecified atom stereocenters. The van der Waals surface area contributed by atoms with Crippen LogP contribution in [0.25, 0.3) is 0 Å². The van der Waals surface area contributed by atoms with E-state index in [0.29, 0.717) is 22.2 Å². The number of para-hydroxylation sites is 2. The van der Waals surface area contributed by atoms with Crippen LogP contribution in [0.5, 0.6) is 11.5 Å². The van der Waals surface area contributed by atoms with E-state index in [0.717, 1.165) is 22.9 Å². The van der Waals surface area contributed by atoms with Gasteiger partial charge in [-0.3, -0.25) is 10.1 Å². The molecular formula is C24H21N3O2S2. The van der Waals surface area contributed by atoms with Gasteiger partial charge in [0, 0.05) is 5.75 Å². The SMILES string of the molecule is O=C(Nc1nnc(SCCCc2ccccc2)s1)c1ccccc1Oc1ccccc1. The van der Waals surface area contributed by atoms with E-state index in [1.165, 1.54) is 16.9 Å². The largest absolute Gasteiger partial charge is 0.457 e. The lowest BCUT2D eigenvalue weighted by molar-refractivity contribution is 0.102. The number of thioether (sulfide) groups is 1. The molecule has 0 saturated carbocycles. The van der Waals surface area contributed by atoms with E-state index in [4.69, 9.17) is 4.74 Å². The summed E-state index contributed by atoms with van der Waals surface area (Å²) >= 11 is 3.04. The van der Waals surface area contributed by atoms with Gasteiger partial charge in [-0.25, -0.2) is 0 Å². The van der Waals surface area contributed by atoms with Crippen LogP contribution in [0.15, 0.2) is 89.3 Å². The molecule has 0 bridgehead atoms. The molecule has 156 valence electrons. The minimum atomic E-state index is -0.275. The van der Waals surface area contributed by atoms with Crippen LogP contribution in [0.2, 0.25) is 0 Å².